The quantitative estimate of drug-likeness (QED) is 0.303. The van der Waals surface area contributed by atoms with Crippen LogP contribution in [-0.2, 0) is 0 Å². The molecule has 4 rings (SSSR count). The summed E-state index contributed by atoms with van der Waals surface area (Å²) in [6, 6.07) is 20.9. The van der Waals surface area contributed by atoms with E-state index in [1.54, 1.807) is 6.07 Å². The van der Waals surface area contributed by atoms with Gasteiger partial charge in [0, 0.05) is 33.1 Å². The third kappa shape index (κ3) is 4.20. The van der Waals surface area contributed by atoms with E-state index in [4.69, 9.17) is 0 Å². The van der Waals surface area contributed by atoms with Crippen LogP contribution in [0.15, 0.2) is 86.8 Å². The third-order valence-electron chi connectivity index (χ3n) is 4.85. The molecule has 1 heterocycles. The van der Waals surface area contributed by atoms with Crippen molar-refractivity contribution in [3.8, 4) is 0 Å². The molecule has 1 aliphatic heterocycles. The van der Waals surface area contributed by atoms with Gasteiger partial charge in [0.05, 0.1) is 16.7 Å². The molecule has 1 aliphatic rings. The second-order valence-corrected chi connectivity index (χ2v) is 8.61. The van der Waals surface area contributed by atoms with Gasteiger partial charge in [0.2, 0.25) is 0 Å². The molecule has 1 atom stereocenters. The topological polar surface area (TPSA) is 75.8 Å². The normalized spacial score (nSPS) is 15.7. The van der Waals surface area contributed by atoms with Gasteiger partial charge < -0.3 is 0 Å². The van der Waals surface area contributed by atoms with Crippen LogP contribution >= 0.6 is 31.9 Å². The van der Waals surface area contributed by atoms with E-state index in [9.17, 15) is 14.9 Å². The fraction of sp³-hybridized carbons (Fsp3) is 0.0909. The minimum atomic E-state index is -0.510. The molecule has 3 aromatic rings. The molecule has 0 unspecified atom stereocenters. The van der Waals surface area contributed by atoms with Crippen LogP contribution < -0.4 is 0 Å². The summed E-state index contributed by atoms with van der Waals surface area (Å²) in [5.74, 6) is -0.376. The highest BCUT2D eigenvalue weighted by molar-refractivity contribution is 9.10. The van der Waals surface area contributed by atoms with Crippen molar-refractivity contribution < 1.29 is 9.72 Å². The van der Waals surface area contributed by atoms with Gasteiger partial charge in [0.15, 0.2) is 0 Å². The molecule has 1 amide bonds. The highest BCUT2D eigenvalue weighted by Gasteiger charge is 2.34. The van der Waals surface area contributed by atoms with Crippen molar-refractivity contribution in [3.05, 3.63) is 109 Å². The fourth-order valence-electron chi connectivity index (χ4n) is 3.34. The molecule has 0 saturated carbocycles. The van der Waals surface area contributed by atoms with Crippen LogP contribution in [0.5, 0.6) is 0 Å². The number of hydrogen-bond acceptors (Lipinski definition) is 4. The fourth-order valence-corrected chi connectivity index (χ4v) is 3.87. The van der Waals surface area contributed by atoms with Crippen molar-refractivity contribution in [2.24, 2.45) is 5.10 Å². The average molecular weight is 529 g/mol. The molecule has 0 radical (unpaired) electrons. The van der Waals surface area contributed by atoms with Crippen molar-refractivity contribution >= 4 is 49.2 Å². The Kier molecular flexibility index (Phi) is 5.78. The Hall–Kier alpha value is -2.84. The Morgan fingerprint density at radius 2 is 1.63 bits per heavy atom. The minimum absolute atomic E-state index is 0.127. The van der Waals surface area contributed by atoms with Crippen molar-refractivity contribution in [1.82, 2.24) is 5.01 Å². The summed E-state index contributed by atoms with van der Waals surface area (Å²) >= 11 is 6.86. The Balaban J connectivity index is 1.74. The Labute approximate surface area is 189 Å². The highest BCUT2D eigenvalue weighted by atomic mass is 79.9. The van der Waals surface area contributed by atoms with Crippen LogP contribution in [0, 0.1) is 10.1 Å². The first-order valence-corrected chi connectivity index (χ1v) is 10.7. The molecule has 30 heavy (non-hydrogen) atoms. The number of carbonyl (C=O) groups excluding carboxylic acids is 1. The lowest BCUT2D eigenvalue weighted by Crippen LogP contribution is -2.27. The number of hydrogen-bond donors (Lipinski definition) is 0. The molecule has 0 N–H and O–H groups in total. The van der Waals surface area contributed by atoms with Crippen LogP contribution in [0.3, 0.4) is 0 Å². The number of halogens is 2. The van der Waals surface area contributed by atoms with Crippen LogP contribution in [-0.4, -0.2) is 21.6 Å². The molecule has 3 aromatic carbocycles. The average Bonchev–Trinajstić information content (AvgIpc) is 3.19. The van der Waals surface area contributed by atoms with E-state index in [-0.39, 0.29) is 23.2 Å². The van der Waals surface area contributed by atoms with E-state index in [0.29, 0.717) is 6.42 Å². The number of hydrazone groups is 1. The molecule has 150 valence electrons. The molecule has 0 aromatic heterocycles. The number of non-ortho nitro benzene ring substituents is 1. The maximum atomic E-state index is 13.3. The number of nitrogens with zero attached hydrogens (tertiary/aromatic N) is 3. The number of carbonyl (C=O) groups is 1. The van der Waals surface area contributed by atoms with Crippen molar-refractivity contribution in [2.75, 3.05) is 0 Å². The summed E-state index contributed by atoms with van der Waals surface area (Å²) in [7, 11) is 0. The number of nitro benzene ring substituents is 1. The van der Waals surface area contributed by atoms with E-state index in [1.807, 2.05) is 48.5 Å². The predicted octanol–water partition coefficient (Wildman–Crippen LogP) is 6.11. The zero-order valence-corrected chi connectivity index (χ0v) is 18.7. The molecule has 0 fully saturated rings. The van der Waals surface area contributed by atoms with Crippen LogP contribution in [0.2, 0.25) is 0 Å². The van der Waals surface area contributed by atoms with Gasteiger partial charge in [-0.2, -0.15) is 5.10 Å². The molecular weight excluding hydrogens is 514 g/mol. The van der Waals surface area contributed by atoms with Gasteiger partial charge in [0.1, 0.15) is 0 Å². The lowest BCUT2D eigenvalue weighted by Gasteiger charge is -2.22. The lowest BCUT2D eigenvalue weighted by molar-refractivity contribution is -0.384. The van der Waals surface area contributed by atoms with E-state index in [1.165, 1.54) is 23.2 Å². The Morgan fingerprint density at radius 3 is 2.27 bits per heavy atom. The van der Waals surface area contributed by atoms with Gasteiger partial charge in [-0.05, 0) is 41.5 Å². The number of nitro groups is 1. The Bertz CT molecular complexity index is 1150. The van der Waals surface area contributed by atoms with Crippen LogP contribution in [0.25, 0.3) is 0 Å². The minimum Gasteiger partial charge on any atom is -0.267 e. The summed E-state index contributed by atoms with van der Waals surface area (Å²) in [6.45, 7) is 0. The van der Waals surface area contributed by atoms with Crippen LogP contribution in [0.1, 0.15) is 33.9 Å². The second-order valence-electron chi connectivity index (χ2n) is 6.78. The summed E-state index contributed by atoms with van der Waals surface area (Å²) in [5.41, 5.74) is 2.75. The maximum Gasteiger partial charge on any atom is 0.274 e. The molecular formula is C22H15Br2N3O3. The standard InChI is InChI=1S/C22H15Br2N3O3/c23-17-8-4-14(5-9-17)20-13-21(15-6-10-18(24)11-7-15)26(25-20)22(28)16-2-1-3-19(12-16)27(29)30/h1-12,21H,13H2/t21-/m1/s1. The largest absolute Gasteiger partial charge is 0.274 e. The number of benzene rings is 3. The van der Waals surface area contributed by atoms with E-state index in [2.05, 4.69) is 37.0 Å². The van der Waals surface area contributed by atoms with Gasteiger partial charge in [-0.25, -0.2) is 5.01 Å². The van der Waals surface area contributed by atoms with Crippen molar-refractivity contribution in [3.63, 3.8) is 0 Å². The first kappa shape index (κ1) is 20.4. The summed E-state index contributed by atoms with van der Waals surface area (Å²) in [6.07, 6.45) is 0.546. The smallest absolute Gasteiger partial charge is 0.267 e. The van der Waals surface area contributed by atoms with E-state index in [0.717, 1.165) is 25.8 Å². The second kappa shape index (κ2) is 8.49. The molecule has 0 spiro atoms. The van der Waals surface area contributed by atoms with E-state index < -0.39 is 4.92 Å². The number of amides is 1. The van der Waals surface area contributed by atoms with Gasteiger partial charge in [0.25, 0.3) is 11.6 Å². The van der Waals surface area contributed by atoms with Crippen molar-refractivity contribution in [2.45, 2.75) is 12.5 Å². The Morgan fingerprint density at radius 1 is 1.00 bits per heavy atom. The number of rotatable bonds is 4. The van der Waals surface area contributed by atoms with Crippen LogP contribution in [0.4, 0.5) is 5.69 Å². The van der Waals surface area contributed by atoms with Gasteiger partial charge in [-0.1, -0.05) is 62.2 Å². The molecule has 0 aliphatic carbocycles. The first-order valence-electron chi connectivity index (χ1n) is 9.09. The zero-order valence-electron chi connectivity index (χ0n) is 15.5. The molecule has 0 bridgehead atoms. The first-order chi connectivity index (χ1) is 14.4. The molecule has 6 nitrogen and oxygen atoms in total. The zero-order chi connectivity index (χ0) is 21.3. The van der Waals surface area contributed by atoms with Gasteiger partial charge in [-0.15, -0.1) is 0 Å². The summed E-state index contributed by atoms with van der Waals surface area (Å²) in [4.78, 5) is 23.9. The maximum absolute atomic E-state index is 13.3. The molecule has 0 saturated heterocycles. The van der Waals surface area contributed by atoms with Gasteiger partial charge >= 0.3 is 0 Å². The third-order valence-corrected chi connectivity index (χ3v) is 5.91. The van der Waals surface area contributed by atoms with Gasteiger partial charge in [-0.3, -0.25) is 14.9 Å². The van der Waals surface area contributed by atoms with Crippen molar-refractivity contribution in [1.29, 1.82) is 0 Å². The van der Waals surface area contributed by atoms with E-state index >= 15 is 0 Å². The summed E-state index contributed by atoms with van der Waals surface area (Å²) in [5, 5.41) is 17.2. The lowest BCUT2D eigenvalue weighted by atomic mass is 9.98. The summed E-state index contributed by atoms with van der Waals surface area (Å²) < 4.78 is 1.90. The monoisotopic (exact) mass is 527 g/mol. The molecule has 8 heteroatoms. The predicted molar refractivity (Wildman–Crippen MR) is 121 cm³/mol. The SMILES string of the molecule is O=C(c1cccc([N+](=O)[O-])c1)N1N=C(c2ccc(Br)cc2)C[C@@H]1c1ccc(Br)cc1. The highest BCUT2D eigenvalue weighted by Crippen LogP contribution is 2.35.